The second-order valence-electron chi connectivity index (χ2n) is 9.21. The zero-order valence-corrected chi connectivity index (χ0v) is 24.1. The molecule has 38 heavy (non-hydrogen) atoms. The van der Waals surface area contributed by atoms with Gasteiger partial charge in [0.15, 0.2) is 5.11 Å². The number of carbonyl (C=O) groups is 1. The number of aromatic nitrogens is 2. The molecule has 1 amide bonds. The van der Waals surface area contributed by atoms with Crippen molar-refractivity contribution in [1.82, 2.24) is 25.1 Å². The molecule has 2 N–H and O–H groups in total. The van der Waals surface area contributed by atoms with E-state index in [9.17, 15) is 4.79 Å². The maximum Gasteiger partial charge on any atom is 0.226 e. The fraction of sp³-hybridized carbons (Fsp3) is 0.357. The van der Waals surface area contributed by atoms with Crippen LogP contribution in [0.4, 0.5) is 0 Å². The second-order valence-corrected chi connectivity index (χ2v) is 10.4. The summed E-state index contributed by atoms with van der Waals surface area (Å²) in [5.41, 5.74) is 3.30. The van der Waals surface area contributed by atoms with Gasteiger partial charge in [0.25, 0.3) is 0 Å². The number of imidazole rings is 1. The lowest BCUT2D eigenvalue weighted by atomic mass is 9.98. The maximum absolute atomic E-state index is 13.2. The van der Waals surface area contributed by atoms with Crippen molar-refractivity contribution in [2.75, 3.05) is 13.6 Å². The Morgan fingerprint density at radius 3 is 2.63 bits per heavy atom. The topological polar surface area (TPSA) is 86.0 Å². The molecule has 10 heteroatoms. The van der Waals surface area contributed by atoms with E-state index in [4.69, 9.17) is 40.7 Å². The molecule has 3 aromatic rings. The van der Waals surface area contributed by atoms with Crippen molar-refractivity contribution in [3.8, 4) is 6.07 Å². The highest BCUT2D eigenvalue weighted by atomic mass is 35.5. The van der Waals surface area contributed by atoms with Crippen LogP contribution in [0, 0.1) is 17.2 Å². The first-order chi connectivity index (χ1) is 18.2. The molecule has 1 aromatic heterocycles. The fourth-order valence-electron chi connectivity index (χ4n) is 4.08. The number of carbonyl (C=O) groups excluding carboxylic acids is 1. The minimum atomic E-state index is -0.147. The summed E-state index contributed by atoms with van der Waals surface area (Å²) < 4.78 is 1.95. The van der Waals surface area contributed by atoms with Crippen LogP contribution in [-0.4, -0.2) is 45.1 Å². The second kappa shape index (κ2) is 14.1. The van der Waals surface area contributed by atoms with Crippen molar-refractivity contribution in [3.63, 3.8) is 0 Å². The summed E-state index contributed by atoms with van der Waals surface area (Å²) in [4.78, 5) is 19.5. The summed E-state index contributed by atoms with van der Waals surface area (Å²) in [5, 5.41) is 16.8. The van der Waals surface area contributed by atoms with E-state index in [2.05, 4.69) is 35.5 Å². The zero-order valence-electron chi connectivity index (χ0n) is 21.7. The first kappa shape index (κ1) is 29.4. The Morgan fingerprint density at radius 1 is 1.24 bits per heavy atom. The van der Waals surface area contributed by atoms with Gasteiger partial charge in [-0.1, -0.05) is 67.7 Å². The van der Waals surface area contributed by atoms with Crippen LogP contribution < -0.4 is 10.6 Å². The monoisotopic (exact) mass is 570 g/mol. The van der Waals surface area contributed by atoms with Crippen LogP contribution in [-0.2, 0) is 24.3 Å². The van der Waals surface area contributed by atoms with E-state index < -0.39 is 0 Å². The SMILES string of the molecule is CC[C@H](C)[C@@H](CN(Cc1cccc(Cl)c1Cl)C(=S)NC)NC(=O)Cc1cncn1Cc1ccc(C#N)cc1. The van der Waals surface area contributed by atoms with Crippen LogP contribution >= 0.6 is 35.4 Å². The van der Waals surface area contributed by atoms with Crippen molar-refractivity contribution in [1.29, 1.82) is 5.26 Å². The van der Waals surface area contributed by atoms with Gasteiger partial charge in [-0.15, -0.1) is 0 Å². The molecule has 0 spiro atoms. The van der Waals surface area contributed by atoms with Gasteiger partial charge in [0, 0.05) is 44.6 Å². The molecule has 200 valence electrons. The van der Waals surface area contributed by atoms with Crippen LogP contribution in [0.3, 0.4) is 0 Å². The number of hydrogen-bond acceptors (Lipinski definition) is 4. The molecule has 3 rings (SSSR count). The van der Waals surface area contributed by atoms with Gasteiger partial charge in [-0.3, -0.25) is 4.79 Å². The Bertz CT molecular complexity index is 1290. The van der Waals surface area contributed by atoms with Crippen LogP contribution in [0.15, 0.2) is 55.0 Å². The highest BCUT2D eigenvalue weighted by Gasteiger charge is 2.24. The first-order valence-electron chi connectivity index (χ1n) is 12.4. The van der Waals surface area contributed by atoms with Gasteiger partial charge in [0.1, 0.15) is 0 Å². The fourth-order valence-corrected chi connectivity index (χ4v) is 4.60. The van der Waals surface area contributed by atoms with Gasteiger partial charge in [-0.05, 0) is 47.5 Å². The van der Waals surface area contributed by atoms with Crippen molar-refractivity contribution in [2.24, 2.45) is 5.92 Å². The van der Waals surface area contributed by atoms with Crippen LogP contribution in [0.2, 0.25) is 10.0 Å². The van der Waals surface area contributed by atoms with Gasteiger partial charge in [-0.2, -0.15) is 5.26 Å². The minimum absolute atomic E-state index is 0.0898. The summed E-state index contributed by atoms with van der Waals surface area (Å²) >= 11 is 18.3. The highest BCUT2D eigenvalue weighted by Crippen LogP contribution is 2.27. The van der Waals surface area contributed by atoms with Gasteiger partial charge in [0.05, 0.1) is 34.4 Å². The number of thiocarbonyl (C=S) groups is 1. The summed E-state index contributed by atoms with van der Waals surface area (Å²) in [5.74, 6) is 0.118. The average molecular weight is 572 g/mol. The van der Waals surface area contributed by atoms with Crippen LogP contribution in [0.1, 0.15) is 42.7 Å². The van der Waals surface area contributed by atoms with Gasteiger partial charge in [-0.25, -0.2) is 4.98 Å². The molecule has 1 heterocycles. The Labute approximate surface area is 239 Å². The van der Waals surface area contributed by atoms with Crippen molar-refractivity contribution in [3.05, 3.63) is 87.4 Å². The number of rotatable bonds is 11. The molecule has 0 fully saturated rings. The molecule has 0 bridgehead atoms. The average Bonchev–Trinajstić information content (AvgIpc) is 3.35. The van der Waals surface area contributed by atoms with E-state index in [1.54, 1.807) is 37.8 Å². The third-order valence-corrected chi connectivity index (χ3v) is 7.88. The molecule has 7 nitrogen and oxygen atoms in total. The molecule has 0 aliphatic heterocycles. The smallest absolute Gasteiger partial charge is 0.226 e. The normalized spacial score (nSPS) is 12.3. The number of nitrogens with one attached hydrogen (secondary N) is 2. The molecule has 0 saturated heterocycles. The van der Waals surface area contributed by atoms with E-state index in [-0.39, 0.29) is 24.3 Å². The minimum Gasteiger partial charge on any atom is -0.366 e. The number of benzene rings is 2. The third kappa shape index (κ3) is 7.94. The third-order valence-electron chi connectivity index (χ3n) is 6.56. The summed E-state index contributed by atoms with van der Waals surface area (Å²) in [7, 11) is 1.78. The number of amides is 1. The summed E-state index contributed by atoms with van der Waals surface area (Å²) in [6.45, 7) is 5.75. The molecule has 0 aliphatic rings. The van der Waals surface area contributed by atoms with Gasteiger partial charge in [0.2, 0.25) is 5.91 Å². The van der Waals surface area contributed by atoms with Gasteiger partial charge >= 0.3 is 0 Å². The Hall–Kier alpha value is -3.12. The molecule has 0 unspecified atom stereocenters. The molecule has 2 atom stereocenters. The van der Waals surface area contributed by atoms with Crippen molar-refractivity contribution in [2.45, 2.75) is 45.8 Å². The van der Waals surface area contributed by atoms with Crippen LogP contribution in [0.5, 0.6) is 0 Å². The Morgan fingerprint density at radius 2 is 1.97 bits per heavy atom. The first-order valence-corrected chi connectivity index (χ1v) is 13.6. The van der Waals surface area contributed by atoms with Gasteiger partial charge < -0.3 is 20.1 Å². The quantitative estimate of drug-likeness (QED) is 0.308. The van der Waals surface area contributed by atoms with E-state index >= 15 is 0 Å². The lowest BCUT2D eigenvalue weighted by molar-refractivity contribution is -0.121. The summed E-state index contributed by atoms with van der Waals surface area (Å²) in [6, 6.07) is 14.9. The van der Waals surface area contributed by atoms with E-state index in [0.29, 0.717) is 40.4 Å². The number of nitrogens with zero attached hydrogens (tertiary/aromatic N) is 4. The zero-order chi connectivity index (χ0) is 27.7. The lowest BCUT2D eigenvalue weighted by Crippen LogP contribution is -2.50. The molecule has 2 aromatic carbocycles. The molecule has 0 aliphatic carbocycles. The maximum atomic E-state index is 13.2. The lowest BCUT2D eigenvalue weighted by Gasteiger charge is -2.33. The number of hydrogen-bond donors (Lipinski definition) is 2. The standard InChI is InChI=1S/C28H32Cl2N6OS/c1-4-19(2)25(17-35(28(38)32-3)16-22-6-5-7-24(29)27(22)30)34-26(37)12-23-14-33-18-36(23)15-21-10-8-20(13-31)9-11-21/h5-11,14,18-19,25H,4,12,15-17H2,1-3H3,(H,32,38)(H,34,37)/t19-,25+/m0/s1. The Kier molecular flexibility index (Phi) is 11.0. The number of nitriles is 1. The number of halogens is 2. The summed E-state index contributed by atoms with van der Waals surface area (Å²) in [6.07, 6.45) is 4.51. The molecule has 0 radical (unpaired) electrons. The molecular weight excluding hydrogens is 539 g/mol. The van der Waals surface area contributed by atoms with E-state index in [1.807, 2.05) is 33.7 Å². The molecule has 0 saturated carbocycles. The predicted octanol–water partition coefficient (Wildman–Crippen LogP) is 5.19. The van der Waals surface area contributed by atoms with Crippen molar-refractivity contribution < 1.29 is 4.79 Å². The van der Waals surface area contributed by atoms with E-state index in [1.165, 1.54) is 0 Å². The highest BCUT2D eigenvalue weighted by molar-refractivity contribution is 7.80. The van der Waals surface area contributed by atoms with E-state index in [0.717, 1.165) is 23.2 Å². The van der Waals surface area contributed by atoms with Crippen molar-refractivity contribution >= 4 is 46.4 Å². The predicted molar refractivity (Wildman–Crippen MR) is 156 cm³/mol. The largest absolute Gasteiger partial charge is 0.366 e. The Balaban J connectivity index is 1.71. The molecular formula is C28H32Cl2N6OS. The van der Waals surface area contributed by atoms with Crippen LogP contribution in [0.25, 0.3) is 0 Å².